The molecule has 0 radical (unpaired) electrons. The predicted octanol–water partition coefficient (Wildman–Crippen LogP) is 1.65. The molecule has 4 nitrogen and oxygen atoms in total. The number of rotatable bonds is 1. The number of hydrogen-bond acceptors (Lipinski definition) is 4. The summed E-state index contributed by atoms with van der Waals surface area (Å²) in [6, 6.07) is 0.140. The van der Waals surface area contributed by atoms with Crippen LogP contribution in [0.3, 0.4) is 0 Å². The summed E-state index contributed by atoms with van der Waals surface area (Å²) in [5.41, 5.74) is 5.20. The van der Waals surface area contributed by atoms with E-state index in [-0.39, 0.29) is 12.1 Å². The van der Waals surface area contributed by atoms with Crippen molar-refractivity contribution in [3.8, 4) is 0 Å². The Balaban J connectivity index is 2.56. The summed E-state index contributed by atoms with van der Waals surface area (Å²) in [6.07, 6.45) is 0.714. The fourth-order valence-electron chi connectivity index (χ4n) is 1.41. The van der Waals surface area contributed by atoms with Gasteiger partial charge in [-0.3, -0.25) is 4.90 Å². The van der Waals surface area contributed by atoms with Gasteiger partial charge in [0, 0.05) is 12.6 Å². The fourth-order valence-corrected chi connectivity index (χ4v) is 2.49. The number of nitrogens with zero attached hydrogens (tertiary/aromatic N) is 1. The Bertz CT molecular complexity index is 228. The van der Waals surface area contributed by atoms with E-state index >= 15 is 0 Å². The number of nitrogens with two attached hydrogens (primary N) is 1. The molecule has 1 saturated heterocycles. The van der Waals surface area contributed by atoms with Gasteiger partial charge in [-0.05, 0) is 32.9 Å². The van der Waals surface area contributed by atoms with E-state index in [0.29, 0.717) is 12.4 Å². The van der Waals surface area contributed by atoms with Crippen LogP contribution in [0.4, 0.5) is 4.79 Å². The zero-order valence-electron chi connectivity index (χ0n) is 9.66. The van der Waals surface area contributed by atoms with Gasteiger partial charge in [0.25, 0.3) is 0 Å². The van der Waals surface area contributed by atoms with Crippen molar-refractivity contribution in [2.24, 2.45) is 5.73 Å². The van der Waals surface area contributed by atoms with Gasteiger partial charge >= 0.3 is 6.09 Å². The molecule has 1 fully saturated rings. The molecule has 1 aliphatic rings. The van der Waals surface area contributed by atoms with Crippen molar-refractivity contribution in [2.45, 2.75) is 38.8 Å². The number of thioether (sulfide) groups is 1. The number of ether oxygens (including phenoxy) is 1. The van der Waals surface area contributed by atoms with E-state index in [1.165, 1.54) is 0 Å². The van der Waals surface area contributed by atoms with Gasteiger partial charge in [-0.1, -0.05) is 0 Å². The van der Waals surface area contributed by atoms with Crippen LogP contribution in [0, 0.1) is 0 Å². The molecule has 0 aliphatic carbocycles. The molecule has 1 amide bonds. The zero-order valence-corrected chi connectivity index (χ0v) is 10.5. The summed E-state index contributed by atoms with van der Waals surface area (Å²) in [6.45, 7) is 6.14. The second-order valence-electron chi connectivity index (χ2n) is 4.67. The third-order valence-corrected chi connectivity index (χ3v) is 3.15. The summed E-state index contributed by atoms with van der Waals surface area (Å²) in [7, 11) is 0. The Morgan fingerprint density at radius 2 is 2.27 bits per heavy atom. The highest BCUT2D eigenvalue weighted by atomic mass is 32.2. The van der Waals surface area contributed by atoms with Crippen LogP contribution in [0.15, 0.2) is 0 Å². The Labute approximate surface area is 95.5 Å². The van der Waals surface area contributed by atoms with Crippen LogP contribution < -0.4 is 5.73 Å². The van der Waals surface area contributed by atoms with E-state index < -0.39 is 5.60 Å². The molecule has 0 aromatic carbocycles. The average molecular weight is 232 g/mol. The molecule has 1 unspecified atom stereocenters. The van der Waals surface area contributed by atoms with E-state index in [1.807, 2.05) is 20.8 Å². The van der Waals surface area contributed by atoms with Crippen molar-refractivity contribution in [1.82, 2.24) is 4.90 Å². The van der Waals surface area contributed by atoms with E-state index in [9.17, 15) is 4.79 Å². The first-order valence-electron chi connectivity index (χ1n) is 5.21. The van der Waals surface area contributed by atoms with Crippen molar-refractivity contribution in [3.05, 3.63) is 0 Å². The van der Waals surface area contributed by atoms with Gasteiger partial charge in [0.2, 0.25) is 0 Å². The lowest BCUT2D eigenvalue weighted by atomic mass is 10.2. The molecule has 0 spiro atoms. The van der Waals surface area contributed by atoms with Crippen LogP contribution in [-0.2, 0) is 4.74 Å². The monoisotopic (exact) mass is 232 g/mol. The van der Waals surface area contributed by atoms with Gasteiger partial charge < -0.3 is 10.5 Å². The van der Waals surface area contributed by atoms with Crippen molar-refractivity contribution < 1.29 is 9.53 Å². The molecule has 1 aliphatic heterocycles. The Morgan fingerprint density at radius 3 is 2.80 bits per heavy atom. The molecule has 88 valence electrons. The van der Waals surface area contributed by atoms with Crippen molar-refractivity contribution in [3.63, 3.8) is 0 Å². The lowest BCUT2D eigenvalue weighted by Crippen LogP contribution is -2.48. The molecular weight excluding hydrogens is 212 g/mol. The molecule has 0 aromatic rings. The Hall–Kier alpha value is -0.420. The van der Waals surface area contributed by atoms with Crippen LogP contribution in [0.25, 0.3) is 0 Å². The van der Waals surface area contributed by atoms with Gasteiger partial charge in [-0.25, -0.2) is 4.79 Å². The molecule has 15 heavy (non-hydrogen) atoms. The van der Waals surface area contributed by atoms with Crippen molar-refractivity contribution in [1.29, 1.82) is 0 Å². The summed E-state index contributed by atoms with van der Waals surface area (Å²) in [5, 5.41) is 0. The van der Waals surface area contributed by atoms with Crippen LogP contribution in [0.5, 0.6) is 0 Å². The second kappa shape index (κ2) is 5.07. The first-order chi connectivity index (χ1) is 6.94. The SMILES string of the molecule is CC(C)(C)OC(=O)N1CSCCC1CN. The third-order valence-electron chi connectivity index (χ3n) is 2.17. The zero-order chi connectivity index (χ0) is 11.5. The largest absolute Gasteiger partial charge is 0.444 e. The number of hydrogen-bond donors (Lipinski definition) is 1. The normalized spacial score (nSPS) is 22.7. The summed E-state index contributed by atoms with van der Waals surface area (Å²) < 4.78 is 5.33. The van der Waals surface area contributed by atoms with Gasteiger partial charge in [0.15, 0.2) is 0 Å². The third kappa shape index (κ3) is 3.91. The standard InChI is InChI=1S/C10H20N2O2S/c1-10(2,3)14-9(13)12-7-15-5-4-8(12)6-11/h8H,4-7,11H2,1-3H3. The number of carbonyl (C=O) groups is 1. The van der Waals surface area contributed by atoms with Gasteiger partial charge in [-0.2, -0.15) is 0 Å². The van der Waals surface area contributed by atoms with E-state index in [0.717, 1.165) is 12.2 Å². The topological polar surface area (TPSA) is 55.6 Å². The van der Waals surface area contributed by atoms with E-state index in [1.54, 1.807) is 16.7 Å². The van der Waals surface area contributed by atoms with Crippen LogP contribution in [0.1, 0.15) is 27.2 Å². The van der Waals surface area contributed by atoms with Gasteiger partial charge in [0.1, 0.15) is 5.60 Å². The fraction of sp³-hybridized carbons (Fsp3) is 0.900. The highest BCUT2D eigenvalue weighted by molar-refractivity contribution is 7.99. The smallest absolute Gasteiger partial charge is 0.411 e. The Kier molecular flexibility index (Phi) is 4.28. The molecule has 1 heterocycles. The minimum atomic E-state index is -0.432. The average Bonchev–Trinajstić information content (AvgIpc) is 2.15. The molecule has 0 aromatic heterocycles. The maximum absolute atomic E-state index is 11.8. The summed E-state index contributed by atoms with van der Waals surface area (Å²) >= 11 is 1.75. The molecule has 0 saturated carbocycles. The molecule has 1 rings (SSSR count). The van der Waals surface area contributed by atoms with Crippen LogP contribution in [-0.4, -0.2) is 40.8 Å². The van der Waals surface area contributed by atoms with Crippen molar-refractivity contribution in [2.75, 3.05) is 18.2 Å². The number of amides is 1. The molecule has 2 N–H and O–H groups in total. The molecule has 0 bridgehead atoms. The number of carbonyl (C=O) groups excluding carboxylic acids is 1. The maximum atomic E-state index is 11.8. The first kappa shape index (κ1) is 12.6. The molecular formula is C10H20N2O2S. The highest BCUT2D eigenvalue weighted by Gasteiger charge is 2.29. The van der Waals surface area contributed by atoms with E-state index in [4.69, 9.17) is 10.5 Å². The second-order valence-corrected chi connectivity index (χ2v) is 5.74. The highest BCUT2D eigenvalue weighted by Crippen LogP contribution is 2.22. The molecule has 5 heteroatoms. The quantitative estimate of drug-likeness (QED) is 0.747. The van der Waals surface area contributed by atoms with Gasteiger partial charge in [0.05, 0.1) is 5.88 Å². The minimum Gasteiger partial charge on any atom is -0.444 e. The van der Waals surface area contributed by atoms with Crippen LogP contribution in [0.2, 0.25) is 0 Å². The predicted molar refractivity (Wildman–Crippen MR) is 62.9 cm³/mol. The van der Waals surface area contributed by atoms with Crippen molar-refractivity contribution >= 4 is 17.9 Å². The Morgan fingerprint density at radius 1 is 1.60 bits per heavy atom. The van der Waals surface area contributed by atoms with Crippen LogP contribution >= 0.6 is 11.8 Å². The summed E-state index contributed by atoms with van der Waals surface area (Å²) in [5.74, 6) is 1.76. The van der Waals surface area contributed by atoms with Gasteiger partial charge in [-0.15, -0.1) is 11.8 Å². The van der Waals surface area contributed by atoms with E-state index in [2.05, 4.69) is 0 Å². The summed E-state index contributed by atoms with van der Waals surface area (Å²) in [4.78, 5) is 13.6. The lowest BCUT2D eigenvalue weighted by molar-refractivity contribution is 0.0203. The minimum absolute atomic E-state index is 0.140. The molecule has 1 atom stereocenters. The first-order valence-corrected chi connectivity index (χ1v) is 6.37. The lowest BCUT2D eigenvalue weighted by Gasteiger charge is -2.35. The maximum Gasteiger partial charge on any atom is 0.411 e.